The molecule has 0 spiro atoms. The molecule has 2 heterocycles. The van der Waals surface area contributed by atoms with Gasteiger partial charge in [-0.2, -0.15) is 0 Å². The van der Waals surface area contributed by atoms with Crippen molar-refractivity contribution in [3.05, 3.63) is 83.9 Å². The minimum Gasteiger partial charge on any atom is -0.466 e. The normalized spacial score (nSPS) is 27.2. The first-order valence-corrected chi connectivity index (χ1v) is 18.9. The molecule has 4 rings (SSSR count). The van der Waals surface area contributed by atoms with Crippen LogP contribution in [-0.2, 0) is 46.1 Å². The molecule has 2 saturated heterocycles. The zero-order valence-electron chi connectivity index (χ0n) is 27.2. The molecule has 0 saturated carbocycles. The van der Waals surface area contributed by atoms with E-state index in [2.05, 4.69) is 45.0 Å². The van der Waals surface area contributed by atoms with E-state index in [9.17, 15) is 4.79 Å². The summed E-state index contributed by atoms with van der Waals surface area (Å²) in [6.07, 6.45) is 5.61. The third-order valence-corrected chi connectivity index (χ3v) is 14.0. The fourth-order valence-corrected chi connectivity index (χ4v) is 9.32. The second kappa shape index (κ2) is 16.8. The van der Waals surface area contributed by atoms with Crippen LogP contribution in [0.3, 0.4) is 0 Å². The number of carbonyl (C=O) groups excluding carboxylic acids is 1. The number of carbonyl (C=O) groups is 1. The summed E-state index contributed by atoms with van der Waals surface area (Å²) < 4.78 is 38.3. The summed E-state index contributed by atoms with van der Waals surface area (Å²) in [5.41, 5.74) is 1.47. The zero-order chi connectivity index (χ0) is 31.4. The smallest absolute Gasteiger partial charge is 0.330 e. The van der Waals surface area contributed by atoms with E-state index in [0.29, 0.717) is 26.2 Å². The van der Waals surface area contributed by atoms with Crippen molar-refractivity contribution in [2.45, 2.75) is 121 Å². The number of esters is 1. The molecule has 7 nitrogen and oxygen atoms in total. The fourth-order valence-electron chi connectivity index (χ4n) is 6.39. The van der Waals surface area contributed by atoms with Crippen LogP contribution in [0.15, 0.2) is 72.8 Å². The lowest BCUT2D eigenvalue weighted by molar-refractivity contribution is -0.275. The van der Waals surface area contributed by atoms with Crippen LogP contribution in [0.25, 0.3) is 0 Å². The number of rotatable bonds is 16. The van der Waals surface area contributed by atoms with Crippen molar-refractivity contribution in [3.63, 3.8) is 0 Å². The lowest BCUT2D eigenvalue weighted by atomic mass is 9.83. The van der Waals surface area contributed by atoms with E-state index in [1.165, 1.54) is 18.7 Å². The van der Waals surface area contributed by atoms with Crippen molar-refractivity contribution in [3.8, 4) is 0 Å². The van der Waals surface area contributed by atoms with Gasteiger partial charge in [-0.15, -0.1) is 0 Å². The van der Waals surface area contributed by atoms with Crippen LogP contribution in [0, 0.1) is 0 Å². The Hall–Kier alpha value is -2.33. The average molecular weight is 625 g/mol. The molecule has 0 amide bonds. The van der Waals surface area contributed by atoms with Crippen LogP contribution < -0.4 is 0 Å². The topological polar surface area (TPSA) is 72.5 Å². The van der Waals surface area contributed by atoms with Crippen molar-refractivity contribution >= 4 is 14.3 Å². The summed E-state index contributed by atoms with van der Waals surface area (Å²) in [6.45, 7) is 10.5. The van der Waals surface area contributed by atoms with Crippen molar-refractivity contribution in [1.82, 2.24) is 0 Å². The highest BCUT2D eigenvalue weighted by molar-refractivity contribution is 6.73. The van der Waals surface area contributed by atoms with E-state index in [0.717, 1.165) is 43.0 Å². The van der Waals surface area contributed by atoms with Crippen LogP contribution in [0.4, 0.5) is 0 Å². The summed E-state index contributed by atoms with van der Waals surface area (Å²) in [4.78, 5) is 12.2. The van der Waals surface area contributed by atoms with Crippen LogP contribution in [0.5, 0.6) is 0 Å². The molecule has 2 aliphatic heterocycles. The molecule has 0 N–H and O–H groups in total. The molecule has 2 aliphatic rings. The molecule has 0 bridgehead atoms. The number of methoxy groups -OCH3 is 1. The monoisotopic (exact) mass is 624 g/mol. The van der Waals surface area contributed by atoms with E-state index in [1.54, 1.807) is 0 Å². The number of hydrogen-bond donors (Lipinski definition) is 0. The first-order chi connectivity index (χ1) is 21.3. The van der Waals surface area contributed by atoms with Gasteiger partial charge in [-0.05, 0) is 55.1 Å². The number of hydrogen-bond acceptors (Lipinski definition) is 7. The maximum atomic E-state index is 12.2. The molecular weight excluding hydrogens is 572 g/mol. The molecule has 242 valence electrons. The van der Waals surface area contributed by atoms with Gasteiger partial charge < -0.3 is 28.1 Å². The molecule has 44 heavy (non-hydrogen) atoms. The Morgan fingerprint density at radius 1 is 0.955 bits per heavy atom. The molecular formula is C36H52O7Si. The van der Waals surface area contributed by atoms with Crippen LogP contribution in [0.1, 0.15) is 64.5 Å². The highest BCUT2D eigenvalue weighted by atomic mass is 28.4. The van der Waals surface area contributed by atoms with Crippen LogP contribution in [-0.4, -0.2) is 64.1 Å². The van der Waals surface area contributed by atoms with Gasteiger partial charge in [0.1, 0.15) is 11.7 Å². The number of ether oxygens (including phenoxy) is 5. The van der Waals surface area contributed by atoms with Gasteiger partial charge in [0.15, 0.2) is 8.32 Å². The largest absolute Gasteiger partial charge is 0.466 e. The van der Waals surface area contributed by atoms with Gasteiger partial charge in [-0.1, -0.05) is 81.4 Å². The highest BCUT2D eigenvalue weighted by Crippen LogP contribution is 2.42. The van der Waals surface area contributed by atoms with E-state index in [4.69, 9.17) is 28.1 Å². The Morgan fingerprint density at radius 3 is 2.20 bits per heavy atom. The Bertz CT molecular complexity index is 1150. The van der Waals surface area contributed by atoms with E-state index >= 15 is 0 Å². The van der Waals surface area contributed by atoms with Gasteiger partial charge in [0.25, 0.3) is 0 Å². The Labute approximate surface area is 265 Å². The minimum atomic E-state index is -2.00. The summed E-state index contributed by atoms with van der Waals surface area (Å²) in [6, 6.07) is 23.6. The van der Waals surface area contributed by atoms with Gasteiger partial charge in [-0.25, -0.2) is 4.79 Å². The summed E-state index contributed by atoms with van der Waals surface area (Å²) in [5.74, 6) is -0.410. The maximum Gasteiger partial charge on any atom is 0.330 e. The fraction of sp³-hybridized carbons (Fsp3) is 0.583. The van der Waals surface area contributed by atoms with Gasteiger partial charge in [0.05, 0.1) is 44.7 Å². The van der Waals surface area contributed by atoms with E-state index in [-0.39, 0.29) is 30.5 Å². The van der Waals surface area contributed by atoms with Crippen LogP contribution in [0.2, 0.25) is 18.1 Å². The molecule has 8 heteroatoms. The standard InChI is InChI=1S/C36H52O7Si/c1-6-44(7-2,8-3)43-33-25-32-35(42-36(33,4)22-21-34(37)38-5)31(40-27-29-18-13-10-14-19-29)24-30(41-32)20-15-23-39-26-28-16-11-9-12-17-28/h9-14,16-19,21-22,30-33,35H,6-8,15,20,23-27H2,1-5H3/b22-21+/t30-,31+,32-,33+,35+,36-/m1/s1. The van der Waals surface area contributed by atoms with Gasteiger partial charge >= 0.3 is 5.97 Å². The van der Waals surface area contributed by atoms with E-state index in [1.807, 2.05) is 49.4 Å². The molecule has 0 aromatic heterocycles. The van der Waals surface area contributed by atoms with Gasteiger partial charge in [0, 0.05) is 25.5 Å². The third kappa shape index (κ3) is 9.34. The molecule has 0 aliphatic carbocycles. The summed E-state index contributed by atoms with van der Waals surface area (Å²) in [7, 11) is -0.611. The number of fused-ring (bicyclic) bond motifs is 1. The first kappa shape index (κ1) is 34.5. The first-order valence-electron chi connectivity index (χ1n) is 16.4. The van der Waals surface area contributed by atoms with Crippen LogP contribution >= 0.6 is 0 Å². The lowest BCUT2D eigenvalue weighted by Gasteiger charge is -2.53. The zero-order valence-corrected chi connectivity index (χ0v) is 28.2. The highest BCUT2D eigenvalue weighted by Gasteiger charge is 2.53. The summed E-state index contributed by atoms with van der Waals surface area (Å²) >= 11 is 0. The second-order valence-corrected chi connectivity index (χ2v) is 17.0. The lowest BCUT2D eigenvalue weighted by Crippen LogP contribution is -2.63. The molecule has 2 aromatic rings. The molecule has 2 fully saturated rings. The Morgan fingerprint density at radius 2 is 1.59 bits per heavy atom. The predicted molar refractivity (Wildman–Crippen MR) is 175 cm³/mol. The summed E-state index contributed by atoms with van der Waals surface area (Å²) in [5, 5.41) is 0. The Kier molecular flexibility index (Phi) is 13.2. The predicted octanol–water partition coefficient (Wildman–Crippen LogP) is 7.39. The third-order valence-electron chi connectivity index (χ3n) is 9.38. The molecule has 0 radical (unpaired) electrons. The SMILES string of the molecule is CC[Si](CC)(CC)O[C@H]1C[C@H]2O[C@H](CCCOCc3ccccc3)C[C@H](OCc3ccccc3)[C@@H]2O[C@]1(C)/C=C/C(=O)OC. The quantitative estimate of drug-likeness (QED) is 0.0834. The minimum absolute atomic E-state index is 0.0297. The molecule has 2 aromatic carbocycles. The van der Waals surface area contributed by atoms with Crippen molar-refractivity contribution < 1.29 is 32.9 Å². The number of benzene rings is 2. The second-order valence-electron chi connectivity index (χ2n) is 12.3. The average Bonchev–Trinajstić information content (AvgIpc) is 3.06. The van der Waals surface area contributed by atoms with Crippen molar-refractivity contribution in [1.29, 1.82) is 0 Å². The molecule has 6 atom stereocenters. The maximum absolute atomic E-state index is 12.2. The van der Waals surface area contributed by atoms with Crippen molar-refractivity contribution in [2.24, 2.45) is 0 Å². The van der Waals surface area contributed by atoms with Crippen molar-refractivity contribution in [2.75, 3.05) is 13.7 Å². The van der Waals surface area contributed by atoms with E-state index < -0.39 is 19.9 Å². The van der Waals surface area contributed by atoms with Gasteiger partial charge in [0.2, 0.25) is 0 Å². The van der Waals surface area contributed by atoms with Gasteiger partial charge in [-0.3, -0.25) is 0 Å². The Balaban J connectivity index is 1.50. The molecule has 0 unspecified atom stereocenters.